The van der Waals surface area contributed by atoms with Crippen LogP contribution in [0.4, 0.5) is 4.79 Å². The number of allylic oxidation sites excluding steroid dienone is 4. The van der Waals surface area contributed by atoms with E-state index in [2.05, 4.69) is 51.3 Å². The molecule has 6 heteroatoms. The van der Waals surface area contributed by atoms with E-state index < -0.39 is 5.41 Å². The largest absolute Gasteiger partial charge is 0.338 e. The number of hydrogen-bond acceptors (Lipinski definition) is 4. The molecule has 0 spiro atoms. The minimum atomic E-state index is -0.491. The molecule has 0 aliphatic heterocycles. The molecule has 0 radical (unpaired) electrons. The van der Waals surface area contributed by atoms with Gasteiger partial charge in [-0.3, -0.25) is 9.59 Å². The van der Waals surface area contributed by atoms with E-state index in [1.807, 2.05) is 26.0 Å². The van der Waals surface area contributed by atoms with Gasteiger partial charge in [0.2, 0.25) is 0 Å². The van der Waals surface area contributed by atoms with Crippen molar-refractivity contribution in [3.63, 3.8) is 0 Å². The summed E-state index contributed by atoms with van der Waals surface area (Å²) < 4.78 is 0. The predicted molar refractivity (Wildman–Crippen MR) is 147 cm³/mol. The highest BCUT2D eigenvalue weighted by atomic mass is 16.2. The third kappa shape index (κ3) is 3.52. The van der Waals surface area contributed by atoms with Gasteiger partial charge >= 0.3 is 6.03 Å². The van der Waals surface area contributed by atoms with Crippen molar-refractivity contribution in [2.75, 3.05) is 6.54 Å². The molecule has 0 aromatic heterocycles. The highest BCUT2D eigenvalue weighted by molar-refractivity contribution is 6.02. The number of Topliss-reactive ketones (excluding diaryl/α,β-unsaturated/α-hetero) is 1. The summed E-state index contributed by atoms with van der Waals surface area (Å²) >= 11 is 0. The Morgan fingerprint density at radius 1 is 1.05 bits per heavy atom. The molecular formula is C32H45N3O3. The van der Waals surface area contributed by atoms with Gasteiger partial charge in [0.15, 0.2) is 11.6 Å². The van der Waals surface area contributed by atoms with Crippen molar-refractivity contribution in [3.05, 3.63) is 23.3 Å². The molecule has 2 N–H and O–H groups in total. The normalized spacial score (nSPS) is 45.2. The fourth-order valence-electron chi connectivity index (χ4n) is 9.90. The number of rotatable bonds is 2. The smallest absolute Gasteiger partial charge is 0.315 e. The lowest BCUT2D eigenvalue weighted by Crippen LogP contribution is -2.70. The Morgan fingerprint density at radius 2 is 1.74 bits per heavy atom. The van der Waals surface area contributed by atoms with Gasteiger partial charge < -0.3 is 10.6 Å². The Hall–Kier alpha value is -2.42. The summed E-state index contributed by atoms with van der Waals surface area (Å²) in [6, 6.07) is 2.03. The van der Waals surface area contributed by atoms with Crippen molar-refractivity contribution in [3.8, 4) is 6.07 Å². The zero-order valence-electron chi connectivity index (χ0n) is 24.3. The first kappa shape index (κ1) is 27.2. The molecule has 5 aliphatic rings. The molecule has 5 aliphatic carbocycles. The Kier molecular flexibility index (Phi) is 6.10. The lowest BCUT2D eigenvalue weighted by Gasteiger charge is -2.68. The Morgan fingerprint density at radius 3 is 2.39 bits per heavy atom. The van der Waals surface area contributed by atoms with Gasteiger partial charge in [0.25, 0.3) is 0 Å². The molecule has 0 heterocycles. The van der Waals surface area contributed by atoms with Gasteiger partial charge in [0.05, 0.1) is 5.57 Å². The van der Waals surface area contributed by atoms with Crippen molar-refractivity contribution < 1.29 is 14.4 Å². The van der Waals surface area contributed by atoms with Crippen LogP contribution in [0.2, 0.25) is 0 Å². The fraction of sp³-hybridized carbons (Fsp3) is 0.750. The Balaban J connectivity index is 1.64. The second kappa shape index (κ2) is 8.54. The van der Waals surface area contributed by atoms with Gasteiger partial charge in [-0.1, -0.05) is 53.2 Å². The number of carbonyl (C=O) groups excluding carboxylic acids is 3. The highest BCUT2D eigenvalue weighted by Crippen LogP contribution is 2.72. The van der Waals surface area contributed by atoms with Crippen LogP contribution in [0.1, 0.15) is 93.4 Å². The predicted octanol–water partition coefficient (Wildman–Crippen LogP) is 5.89. The van der Waals surface area contributed by atoms with Crippen LogP contribution in [0, 0.1) is 56.7 Å². The van der Waals surface area contributed by atoms with E-state index in [9.17, 15) is 19.6 Å². The van der Waals surface area contributed by atoms with Crippen molar-refractivity contribution in [1.82, 2.24) is 10.6 Å². The number of fused-ring (bicyclic) bond motifs is 7. The van der Waals surface area contributed by atoms with Gasteiger partial charge in [0.1, 0.15) is 6.07 Å². The summed E-state index contributed by atoms with van der Waals surface area (Å²) in [5.41, 5.74) is 0.102. The van der Waals surface area contributed by atoms with Gasteiger partial charge in [0, 0.05) is 29.3 Å². The van der Waals surface area contributed by atoms with E-state index in [4.69, 9.17) is 0 Å². The molecule has 5 rings (SSSR count). The number of hydrogen-bond donors (Lipinski definition) is 2. The molecule has 38 heavy (non-hydrogen) atoms. The molecule has 3 fully saturated rings. The van der Waals surface area contributed by atoms with Crippen molar-refractivity contribution in [2.45, 2.75) is 99.0 Å². The van der Waals surface area contributed by atoms with E-state index in [1.54, 1.807) is 0 Å². The van der Waals surface area contributed by atoms with Crippen LogP contribution in [0.25, 0.3) is 0 Å². The van der Waals surface area contributed by atoms with E-state index in [0.717, 1.165) is 50.5 Å². The number of nitrogens with one attached hydrogen (secondary N) is 2. The molecule has 0 aromatic rings. The zero-order valence-corrected chi connectivity index (χ0v) is 24.3. The van der Waals surface area contributed by atoms with E-state index in [0.29, 0.717) is 6.54 Å². The first-order valence-electron chi connectivity index (χ1n) is 14.7. The van der Waals surface area contributed by atoms with Gasteiger partial charge in [-0.2, -0.15) is 5.26 Å². The van der Waals surface area contributed by atoms with Crippen LogP contribution >= 0.6 is 0 Å². The Labute approximate surface area is 228 Å². The van der Waals surface area contributed by atoms with E-state index in [-0.39, 0.29) is 68.6 Å². The van der Waals surface area contributed by atoms with Crippen LogP contribution in [-0.4, -0.2) is 29.7 Å². The number of carbonyl (C=O) groups is 3. The average molecular weight is 520 g/mol. The molecule has 0 aromatic carbocycles. The standard InChI is InChI=1S/C32H45N3O3/c1-8-34-27(38)35-32-13-11-28(3,4)17-22(32)25-23(36)15-24-29(5)16-20(18-33)26(37)19(2)21(29)9-10-30(24,6)31(25,7)12-14-32/h15-16,19,21-22,25H,8-14,17H2,1-7H3,(H2,34,35,38)/t19-,21-,22?,25?,29-,30+,31+,32-/m0/s1. The summed E-state index contributed by atoms with van der Waals surface area (Å²) in [4.78, 5) is 40.2. The molecule has 6 nitrogen and oxygen atoms in total. The molecule has 3 saturated carbocycles. The second-order valence-corrected chi connectivity index (χ2v) is 14.6. The molecule has 2 unspecified atom stereocenters. The summed E-state index contributed by atoms with van der Waals surface area (Å²) in [5.74, 6) is -0.136. The van der Waals surface area contributed by atoms with Gasteiger partial charge in [-0.25, -0.2) is 4.79 Å². The minimum absolute atomic E-state index is 0.0614. The first-order valence-corrected chi connectivity index (χ1v) is 14.7. The molecule has 8 atom stereocenters. The number of urea groups is 1. The van der Waals surface area contributed by atoms with E-state index in [1.165, 1.54) is 0 Å². The lowest BCUT2D eigenvalue weighted by atomic mass is 9.36. The third-order valence-corrected chi connectivity index (χ3v) is 12.2. The summed E-state index contributed by atoms with van der Waals surface area (Å²) in [5, 5.41) is 16.1. The maximum atomic E-state index is 14.4. The maximum absolute atomic E-state index is 14.4. The fourth-order valence-corrected chi connectivity index (χ4v) is 9.90. The lowest BCUT2D eigenvalue weighted by molar-refractivity contribution is -0.158. The summed E-state index contributed by atoms with van der Waals surface area (Å²) in [6.45, 7) is 15.9. The highest BCUT2D eigenvalue weighted by Gasteiger charge is 2.69. The maximum Gasteiger partial charge on any atom is 0.315 e. The molecule has 0 saturated heterocycles. The molecule has 0 bridgehead atoms. The summed E-state index contributed by atoms with van der Waals surface area (Å²) in [6.07, 6.45) is 10.2. The average Bonchev–Trinajstić information content (AvgIpc) is 2.84. The summed E-state index contributed by atoms with van der Waals surface area (Å²) in [7, 11) is 0. The monoisotopic (exact) mass is 519 g/mol. The van der Waals surface area contributed by atoms with Crippen LogP contribution in [-0.2, 0) is 9.59 Å². The van der Waals surface area contributed by atoms with Crippen molar-refractivity contribution >= 4 is 17.6 Å². The topological polar surface area (TPSA) is 99.1 Å². The molecule has 2 amide bonds. The van der Waals surface area contributed by atoms with Crippen LogP contribution < -0.4 is 10.6 Å². The van der Waals surface area contributed by atoms with Crippen molar-refractivity contribution in [2.24, 2.45) is 45.3 Å². The SMILES string of the molecule is CCNC(=O)N[C@]12CCC(C)(C)CC1C1C(=O)C=C3[C@@]4(C)C=C(C#N)C(=O)[C@@H](C)[C@@H]4CC[C@@]3(C)[C@]1(C)CC2. The number of ketones is 2. The molecule has 206 valence electrons. The number of nitrogens with zero attached hydrogens (tertiary/aromatic N) is 1. The first-order chi connectivity index (χ1) is 17.7. The minimum Gasteiger partial charge on any atom is -0.338 e. The van der Waals surface area contributed by atoms with E-state index >= 15 is 0 Å². The van der Waals surface area contributed by atoms with Crippen LogP contribution in [0.3, 0.4) is 0 Å². The number of amides is 2. The third-order valence-electron chi connectivity index (χ3n) is 12.2. The van der Waals surface area contributed by atoms with Gasteiger partial charge in [-0.15, -0.1) is 0 Å². The zero-order chi connectivity index (χ0) is 27.9. The Bertz CT molecular complexity index is 1190. The van der Waals surface area contributed by atoms with Crippen LogP contribution in [0.5, 0.6) is 0 Å². The molecular weight excluding hydrogens is 474 g/mol. The van der Waals surface area contributed by atoms with Gasteiger partial charge in [-0.05, 0) is 86.0 Å². The van der Waals surface area contributed by atoms with Crippen LogP contribution in [0.15, 0.2) is 23.3 Å². The quantitative estimate of drug-likeness (QED) is 0.475. The number of nitriles is 1. The van der Waals surface area contributed by atoms with Crippen molar-refractivity contribution in [1.29, 1.82) is 5.26 Å². The second-order valence-electron chi connectivity index (χ2n) is 14.6.